The van der Waals surface area contributed by atoms with Gasteiger partial charge in [0.15, 0.2) is 0 Å². The molecule has 0 amide bonds. The van der Waals surface area contributed by atoms with E-state index in [1.54, 1.807) is 0 Å². The third-order valence-corrected chi connectivity index (χ3v) is 4.47. The molecule has 0 aliphatic heterocycles. The van der Waals surface area contributed by atoms with Crippen LogP contribution in [0.25, 0.3) is 11.3 Å². The first-order chi connectivity index (χ1) is 10.9. The quantitative estimate of drug-likeness (QED) is 0.660. The lowest BCUT2D eigenvalue weighted by Crippen LogP contribution is -2.28. The van der Waals surface area contributed by atoms with Crippen molar-refractivity contribution in [2.75, 3.05) is 0 Å². The van der Waals surface area contributed by atoms with Crippen molar-refractivity contribution < 1.29 is 5.21 Å². The second-order valence-electron chi connectivity index (χ2n) is 7.43. The molecule has 0 fully saturated rings. The molecule has 4 heteroatoms. The summed E-state index contributed by atoms with van der Waals surface area (Å²) in [4.78, 5) is 0. The SMILES string of the molecule is CC(C)c1ccc(-c2cc3c(nn2)CC(C)(C)C/C3=N\O)cc1. The van der Waals surface area contributed by atoms with E-state index in [-0.39, 0.29) is 5.41 Å². The fraction of sp³-hybridized carbons (Fsp3) is 0.421. The van der Waals surface area contributed by atoms with Crippen LogP contribution in [0, 0.1) is 5.41 Å². The topological polar surface area (TPSA) is 58.4 Å². The van der Waals surface area contributed by atoms with Gasteiger partial charge in [-0.05, 0) is 35.8 Å². The van der Waals surface area contributed by atoms with E-state index in [1.807, 2.05) is 6.07 Å². The lowest BCUT2D eigenvalue weighted by atomic mass is 9.75. The standard InChI is InChI=1S/C19H23N3O/c1-12(2)13-5-7-14(8-6-13)16-9-15-17(21-20-16)10-19(3,4)11-18(15)22-23/h5-9,12,23H,10-11H2,1-4H3/b22-18+. The molecule has 2 aromatic rings. The number of hydrogen-bond acceptors (Lipinski definition) is 4. The smallest absolute Gasteiger partial charge is 0.0936 e. The molecule has 23 heavy (non-hydrogen) atoms. The van der Waals surface area contributed by atoms with E-state index in [4.69, 9.17) is 0 Å². The van der Waals surface area contributed by atoms with Crippen LogP contribution in [0.5, 0.6) is 0 Å². The number of hydrogen-bond donors (Lipinski definition) is 1. The summed E-state index contributed by atoms with van der Waals surface area (Å²) >= 11 is 0. The number of oxime groups is 1. The van der Waals surface area contributed by atoms with Gasteiger partial charge in [-0.3, -0.25) is 0 Å². The molecule has 3 rings (SSSR count). The lowest BCUT2D eigenvalue weighted by Gasteiger charge is -2.30. The van der Waals surface area contributed by atoms with Gasteiger partial charge >= 0.3 is 0 Å². The Balaban J connectivity index is 2.01. The molecule has 0 saturated carbocycles. The average Bonchev–Trinajstić information content (AvgIpc) is 2.53. The molecule has 120 valence electrons. The highest BCUT2D eigenvalue weighted by Gasteiger charge is 2.31. The molecule has 4 nitrogen and oxygen atoms in total. The molecule has 0 atom stereocenters. The number of fused-ring (bicyclic) bond motifs is 1. The normalized spacial score (nSPS) is 18.2. The Kier molecular flexibility index (Phi) is 3.92. The summed E-state index contributed by atoms with van der Waals surface area (Å²) in [6.07, 6.45) is 1.59. The number of benzene rings is 1. The highest BCUT2D eigenvalue weighted by atomic mass is 16.4. The minimum absolute atomic E-state index is 0.0453. The van der Waals surface area contributed by atoms with E-state index in [2.05, 4.69) is 67.3 Å². The fourth-order valence-electron chi connectivity index (χ4n) is 3.13. The van der Waals surface area contributed by atoms with Crippen LogP contribution in [0.15, 0.2) is 35.5 Å². The Hall–Kier alpha value is -2.23. The van der Waals surface area contributed by atoms with Crippen LogP contribution in [0.1, 0.15) is 56.9 Å². The summed E-state index contributed by atoms with van der Waals surface area (Å²) < 4.78 is 0. The Bertz CT molecular complexity index is 746. The monoisotopic (exact) mass is 309 g/mol. The van der Waals surface area contributed by atoms with Gasteiger partial charge in [-0.1, -0.05) is 57.1 Å². The molecule has 1 heterocycles. The Morgan fingerprint density at radius 3 is 2.39 bits per heavy atom. The van der Waals surface area contributed by atoms with Crippen LogP contribution in [-0.4, -0.2) is 21.1 Å². The van der Waals surface area contributed by atoms with Crippen molar-refractivity contribution in [3.63, 3.8) is 0 Å². The zero-order valence-corrected chi connectivity index (χ0v) is 14.2. The second-order valence-corrected chi connectivity index (χ2v) is 7.43. The van der Waals surface area contributed by atoms with Gasteiger partial charge in [0.25, 0.3) is 0 Å². The van der Waals surface area contributed by atoms with Crippen molar-refractivity contribution >= 4 is 5.71 Å². The van der Waals surface area contributed by atoms with Gasteiger partial charge < -0.3 is 5.21 Å². The van der Waals surface area contributed by atoms with Crippen molar-refractivity contribution in [1.82, 2.24) is 10.2 Å². The molecule has 1 N–H and O–H groups in total. The third-order valence-electron chi connectivity index (χ3n) is 4.47. The van der Waals surface area contributed by atoms with Gasteiger partial charge in [0.05, 0.1) is 17.1 Å². The van der Waals surface area contributed by atoms with Gasteiger partial charge in [0.2, 0.25) is 0 Å². The van der Waals surface area contributed by atoms with Crippen molar-refractivity contribution in [2.24, 2.45) is 10.6 Å². The summed E-state index contributed by atoms with van der Waals surface area (Å²) in [6, 6.07) is 10.4. The van der Waals surface area contributed by atoms with E-state index in [0.29, 0.717) is 11.6 Å². The maximum Gasteiger partial charge on any atom is 0.0936 e. The molecule has 0 saturated heterocycles. The molecule has 0 unspecified atom stereocenters. The molecule has 0 spiro atoms. The second kappa shape index (κ2) is 5.76. The van der Waals surface area contributed by atoms with Crippen LogP contribution in [0.2, 0.25) is 0 Å². The molecule has 1 aromatic carbocycles. The Labute approximate surface area is 137 Å². The van der Waals surface area contributed by atoms with Crippen LogP contribution >= 0.6 is 0 Å². The first-order valence-corrected chi connectivity index (χ1v) is 8.08. The zero-order chi connectivity index (χ0) is 16.6. The Morgan fingerprint density at radius 2 is 1.78 bits per heavy atom. The first-order valence-electron chi connectivity index (χ1n) is 8.08. The van der Waals surface area contributed by atoms with Crippen LogP contribution < -0.4 is 0 Å². The van der Waals surface area contributed by atoms with Gasteiger partial charge in [0, 0.05) is 11.1 Å². The molecule has 1 aliphatic carbocycles. The zero-order valence-electron chi connectivity index (χ0n) is 14.2. The average molecular weight is 309 g/mol. The minimum atomic E-state index is 0.0453. The molecule has 1 aliphatic rings. The van der Waals surface area contributed by atoms with E-state index in [0.717, 1.165) is 35.4 Å². The van der Waals surface area contributed by atoms with Crippen molar-refractivity contribution in [2.45, 2.75) is 46.5 Å². The summed E-state index contributed by atoms with van der Waals surface area (Å²) in [5.41, 5.74) is 5.74. The van der Waals surface area contributed by atoms with Gasteiger partial charge in [-0.25, -0.2) is 0 Å². The van der Waals surface area contributed by atoms with Crippen molar-refractivity contribution in [1.29, 1.82) is 0 Å². The summed E-state index contributed by atoms with van der Waals surface area (Å²) in [7, 11) is 0. The predicted molar refractivity (Wildman–Crippen MR) is 92.0 cm³/mol. The Morgan fingerprint density at radius 1 is 1.09 bits per heavy atom. The van der Waals surface area contributed by atoms with Crippen molar-refractivity contribution in [3.05, 3.63) is 47.2 Å². The highest BCUT2D eigenvalue weighted by molar-refractivity contribution is 6.03. The number of rotatable bonds is 2. The van der Waals surface area contributed by atoms with Crippen LogP contribution in [0.4, 0.5) is 0 Å². The van der Waals surface area contributed by atoms with E-state index >= 15 is 0 Å². The fourth-order valence-corrected chi connectivity index (χ4v) is 3.13. The lowest BCUT2D eigenvalue weighted by molar-refractivity contribution is 0.305. The summed E-state index contributed by atoms with van der Waals surface area (Å²) in [6.45, 7) is 8.67. The van der Waals surface area contributed by atoms with Gasteiger partial charge in [-0.2, -0.15) is 10.2 Å². The van der Waals surface area contributed by atoms with E-state index < -0.39 is 0 Å². The number of aromatic nitrogens is 2. The van der Waals surface area contributed by atoms with E-state index in [9.17, 15) is 5.21 Å². The van der Waals surface area contributed by atoms with Gasteiger partial charge in [0.1, 0.15) is 0 Å². The van der Waals surface area contributed by atoms with Crippen LogP contribution in [0.3, 0.4) is 0 Å². The van der Waals surface area contributed by atoms with E-state index in [1.165, 1.54) is 5.56 Å². The predicted octanol–water partition coefficient (Wildman–Crippen LogP) is 4.42. The summed E-state index contributed by atoms with van der Waals surface area (Å²) in [5.74, 6) is 0.508. The van der Waals surface area contributed by atoms with Gasteiger partial charge in [-0.15, -0.1) is 0 Å². The minimum Gasteiger partial charge on any atom is -0.411 e. The molecular weight excluding hydrogens is 286 g/mol. The largest absolute Gasteiger partial charge is 0.411 e. The van der Waals surface area contributed by atoms with Crippen molar-refractivity contribution in [3.8, 4) is 11.3 Å². The van der Waals surface area contributed by atoms with Crippen LogP contribution in [-0.2, 0) is 6.42 Å². The third kappa shape index (κ3) is 3.11. The highest BCUT2D eigenvalue weighted by Crippen LogP contribution is 2.35. The summed E-state index contributed by atoms with van der Waals surface area (Å²) in [5, 5.41) is 21.7. The molecule has 0 radical (unpaired) electrons. The number of nitrogens with zero attached hydrogens (tertiary/aromatic N) is 3. The maximum absolute atomic E-state index is 9.37. The molecule has 0 bridgehead atoms. The first kappa shape index (κ1) is 15.7. The maximum atomic E-state index is 9.37. The molecular formula is C19H23N3O. The molecule has 1 aromatic heterocycles.